The van der Waals surface area contributed by atoms with Crippen molar-refractivity contribution in [2.75, 3.05) is 5.43 Å². The fourth-order valence-electron chi connectivity index (χ4n) is 3.90. The molecule has 0 atom stereocenters. The summed E-state index contributed by atoms with van der Waals surface area (Å²) in [6.45, 7) is 0.373. The third-order valence-electron chi connectivity index (χ3n) is 5.64. The van der Waals surface area contributed by atoms with Gasteiger partial charge in [-0.3, -0.25) is 23.5 Å². The fourth-order valence-corrected chi connectivity index (χ4v) is 3.90. The molecule has 0 aliphatic carbocycles. The van der Waals surface area contributed by atoms with Gasteiger partial charge in [0.05, 0.1) is 12.8 Å². The van der Waals surface area contributed by atoms with Gasteiger partial charge < -0.3 is 0 Å². The molecule has 0 bridgehead atoms. The summed E-state index contributed by atoms with van der Waals surface area (Å²) >= 11 is 0. The quantitative estimate of drug-likeness (QED) is 0.335. The van der Waals surface area contributed by atoms with Crippen molar-refractivity contribution in [3.8, 4) is 0 Å². The minimum absolute atomic E-state index is 0.296. The zero-order chi connectivity index (χ0) is 22.9. The van der Waals surface area contributed by atoms with Crippen molar-refractivity contribution in [2.45, 2.75) is 6.54 Å². The molecule has 0 spiro atoms. The lowest BCUT2D eigenvalue weighted by molar-refractivity contribution is 0.703. The Morgan fingerprint density at radius 1 is 0.970 bits per heavy atom. The first kappa shape index (κ1) is 20.4. The molecule has 0 aliphatic heterocycles. The number of fused-ring (bicyclic) bond motifs is 2. The van der Waals surface area contributed by atoms with Crippen LogP contribution in [0, 0.1) is 0 Å². The molecule has 3 heterocycles. The van der Waals surface area contributed by atoms with Crippen LogP contribution in [0.4, 0.5) is 5.95 Å². The standard InChI is InChI=1S/C24H21N7O2/c1-29-21-20(22(32)30(2)24(29)33)31(15-18-8-5-7-17-6-3-4-9-19(17)18)23(27-21)28-26-14-16-10-12-25-13-11-16/h3-14H,15H2,1-2H3,(H,27,28)/b26-14-. The van der Waals surface area contributed by atoms with Crippen LogP contribution in [0.3, 0.4) is 0 Å². The first-order chi connectivity index (χ1) is 16.0. The molecule has 5 aromatic rings. The number of hydrogen-bond acceptors (Lipinski definition) is 6. The molecule has 0 unspecified atom stereocenters. The van der Waals surface area contributed by atoms with Gasteiger partial charge in [-0.15, -0.1) is 0 Å². The molecule has 0 saturated heterocycles. The number of anilines is 1. The van der Waals surface area contributed by atoms with E-state index in [1.54, 1.807) is 30.2 Å². The molecular formula is C24H21N7O2. The summed E-state index contributed by atoms with van der Waals surface area (Å²) in [7, 11) is 3.07. The highest BCUT2D eigenvalue weighted by atomic mass is 16.2. The van der Waals surface area contributed by atoms with E-state index in [0.29, 0.717) is 23.7 Å². The van der Waals surface area contributed by atoms with Crippen molar-refractivity contribution in [3.63, 3.8) is 0 Å². The van der Waals surface area contributed by atoms with E-state index in [4.69, 9.17) is 0 Å². The first-order valence-electron chi connectivity index (χ1n) is 10.4. The number of imidazole rings is 1. The molecule has 9 nitrogen and oxygen atoms in total. The van der Waals surface area contributed by atoms with Gasteiger partial charge in [-0.25, -0.2) is 10.2 Å². The molecule has 33 heavy (non-hydrogen) atoms. The van der Waals surface area contributed by atoms with Crippen LogP contribution in [-0.4, -0.2) is 29.9 Å². The second-order valence-corrected chi connectivity index (χ2v) is 7.69. The van der Waals surface area contributed by atoms with E-state index in [2.05, 4.69) is 20.5 Å². The van der Waals surface area contributed by atoms with Crippen molar-refractivity contribution in [3.05, 3.63) is 99.0 Å². The number of hydrazone groups is 1. The molecule has 0 saturated carbocycles. The second-order valence-electron chi connectivity index (χ2n) is 7.69. The van der Waals surface area contributed by atoms with Gasteiger partial charge in [-0.2, -0.15) is 10.1 Å². The lowest BCUT2D eigenvalue weighted by atomic mass is 10.0. The van der Waals surface area contributed by atoms with Crippen LogP contribution < -0.4 is 16.7 Å². The van der Waals surface area contributed by atoms with E-state index in [9.17, 15) is 9.59 Å². The van der Waals surface area contributed by atoms with Crippen LogP contribution >= 0.6 is 0 Å². The second kappa shape index (κ2) is 8.19. The predicted molar refractivity (Wildman–Crippen MR) is 129 cm³/mol. The molecule has 0 amide bonds. The average Bonchev–Trinajstić information content (AvgIpc) is 3.20. The molecule has 3 aromatic heterocycles. The van der Waals surface area contributed by atoms with Crippen LogP contribution in [0.1, 0.15) is 11.1 Å². The van der Waals surface area contributed by atoms with Crippen molar-refractivity contribution in [1.82, 2.24) is 23.7 Å². The average molecular weight is 439 g/mol. The molecule has 1 N–H and O–H groups in total. The van der Waals surface area contributed by atoms with Gasteiger partial charge in [0.1, 0.15) is 0 Å². The number of benzene rings is 2. The Balaban J connectivity index is 1.67. The first-order valence-corrected chi connectivity index (χ1v) is 10.4. The van der Waals surface area contributed by atoms with Crippen LogP contribution in [0.2, 0.25) is 0 Å². The Labute approximate surface area is 188 Å². The largest absolute Gasteiger partial charge is 0.332 e. The summed E-state index contributed by atoms with van der Waals surface area (Å²) in [4.78, 5) is 34.1. The van der Waals surface area contributed by atoms with Crippen molar-refractivity contribution < 1.29 is 0 Å². The van der Waals surface area contributed by atoms with Gasteiger partial charge in [-0.1, -0.05) is 42.5 Å². The highest BCUT2D eigenvalue weighted by molar-refractivity contribution is 5.86. The Morgan fingerprint density at radius 3 is 2.55 bits per heavy atom. The number of pyridine rings is 1. The summed E-state index contributed by atoms with van der Waals surface area (Å²) in [5.74, 6) is 0.363. The van der Waals surface area contributed by atoms with Crippen LogP contribution in [0.25, 0.3) is 21.9 Å². The molecule has 9 heteroatoms. The number of rotatable bonds is 5. The summed E-state index contributed by atoms with van der Waals surface area (Å²) in [6, 6.07) is 17.8. The maximum absolute atomic E-state index is 13.1. The number of hydrogen-bond donors (Lipinski definition) is 1. The van der Waals surface area contributed by atoms with Gasteiger partial charge in [0.25, 0.3) is 5.56 Å². The van der Waals surface area contributed by atoms with Gasteiger partial charge in [0.2, 0.25) is 5.95 Å². The molecule has 164 valence electrons. The molecule has 2 aromatic carbocycles. The third kappa shape index (κ3) is 3.59. The molecule has 5 rings (SSSR count). The van der Waals surface area contributed by atoms with E-state index < -0.39 is 11.2 Å². The number of aryl methyl sites for hydroxylation is 1. The van der Waals surface area contributed by atoms with Crippen molar-refractivity contribution in [2.24, 2.45) is 19.2 Å². The summed E-state index contributed by atoms with van der Waals surface area (Å²) in [5, 5.41) is 6.47. The van der Waals surface area contributed by atoms with E-state index in [1.165, 1.54) is 11.6 Å². The highest BCUT2D eigenvalue weighted by Gasteiger charge is 2.19. The fraction of sp³-hybridized carbons (Fsp3) is 0.125. The van der Waals surface area contributed by atoms with E-state index in [-0.39, 0.29) is 0 Å². The van der Waals surface area contributed by atoms with Crippen LogP contribution in [0.5, 0.6) is 0 Å². The Kier molecular flexibility index (Phi) is 5.06. The maximum atomic E-state index is 13.1. The third-order valence-corrected chi connectivity index (χ3v) is 5.64. The van der Waals surface area contributed by atoms with Gasteiger partial charge >= 0.3 is 5.69 Å². The van der Waals surface area contributed by atoms with E-state index in [1.807, 2.05) is 54.6 Å². The van der Waals surface area contributed by atoms with E-state index >= 15 is 0 Å². The lowest BCUT2D eigenvalue weighted by Crippen LogP contribution is -2.37. The van der Waals surface area contributed by atoms with Gasteiger partial charge in [-0.05, 0) is 34.0 Å². The zero-order valence-corrected chi connectivity index (χ0v) is 18.1. The summed E-state index contributed by atoms with van der Waals surface area (Å²) in [5.41, 5.74) is 4.61. The number of nitrogens with zero attached hydrogens (tertiary/aromatic N) is 6. The normalized spacial score (nSPS) is 11.6. The Bertz CT molecular complexity index is 1620. The maximum Gasteiger partial charge on any atom is 0.332 e. The van der Waals surface area contributed by atoms with Crippen LogP contribution in [0.15, 0.2) is 81.7 Å². The van der Waals surface area contributed by atoms with Crippen LogP contribution in [-0.2, 0) is 20.6 Å². The molecule has 0 fully saturated rings. The number of aromatic nitrogens is 5. The SMILES string of the molecule is Cn1c(=O)c2c(nc(N/N=C\c3ccncc3)n2Cc2cccc3ccccc23)n(C)c1=O. The highest BCUT2D eigenvalue weighted by Crippen LogP contribution is 2.23. The molecule has 0 radical (unpaired) electrons. The van der Waals surface area contributed by atoms with E-state index in [0.717, 1.165) is 26.5 Å². The zero-order valence-electron chi connectivity index (χ0n) is 18.1. The summed E-state index contributed by atoms with van der Waals surface area (Å²) < 4.78 is 4.23. The predicted octanol–water partition coefficient (Wildman–Crippen LogP) is 2.48. The van der Waals surface area contributed by atoms with Crippen molar-refractivity contribution >= 4 is 34.1 Å². The minimum atomic E-state index is -0.436. The summed E-state index contributed by atoms with van der Waals surface area (Å²) in [6.07, 6.45) is 4.99. The smallest absolute Gasteiger partial charge is 0.298 e. The van der Waals surface area contributed by atoms with Crippen molar-refractivity contribution in [1.29, 1.82) is 0 Å². The monoisotopic (exact) mass is 439 g/mol. The minimum Gasteiger partial charge on any atom is -0.298 e. The Hall–Kier alpha value is -4.53. The Morgan fingerprint density at radius 2 is 1.73 bits per heavy atom. The topological polar surface area (TPSA) is 99.1 Å². The molecule has 0 aliphatic rings. The molecular weight excluding hydrogens is 418 g/mol. The number of nitrogens with one attached hydrogen (secondary N) is 1. The van der Waals surface area contributed by atoms with Gasteiger partial charge in [0, 0.05) is 26.5 Å². The lowest BCUT2D eigenvalue weighted by Gasteiger charge is -2.11. The van der Waals surface area contributed by atoms with Gasteiger partial charge in [0.15, 0.2) is 11.2 Å².